The highest BCUT2D eigenvalue weighted by Crippen LogP contribution is 2.41. The smallest absolute Gasteiger partial charge is 0.223 e. The van der Waals surface area contributed by atoms with E-state index in [2.05, 4.69) is 45.5 Å². The number of piperidine rings is 3. The molecule has 3 saturated heterocycles. The van der Waals surface area contributed by atoms with Gasteiger partial charge in [0.15, 0.2) is 0 Å². The van der Waals surface area contributed by atoms with Crippen molar-refractivity contribution in [2.75, 3.05) is 19.6 Å². The average molecular weight is 377 g/mol. The largest absolute Gasteiger partial charge is 0.354 e. The molecule has 4 heterocycles. The quantitative estimate of drug-likeness (QED) is 0.871. The van der Waals surface area contributed by atoms with E-state index in [1.54, 1.807) is 0 Å². The molecule has 1 saturated carbocycles. The van der Waals surface area contributed by atoms with Crippen molar-refractivity contribution < 1.29 is 4.79 Å². The van der Waals surface area contributed by atoms with Gasteiger partial charge in [-0.25, -0.2) is 9.97 Å². The summed E-state index contributed by atoms with van der Waals surface area (Å²) in [5.74, 6) is 2.52. The van der Waals surface area contributed by atoms with Crippen molar-refractivity contribution in [2.45, 2.75) is 44.6 Å². The first kappa shape index (κ1) is 17.8. The molecule has 1 N–H and O–H groups in total. The lowest BCUT2D eigenvalue weighted by Crippen LogP contribution is -2.56. The number of fused-ring (bicyclic) bond motifs is 3. The lowest BCUT2D eigenvalue weighted by molar-refractivity contribution is -0.122. The number of nitrogens with zero attached hydrogens (tertiary/aromatic N) is 3. The van der Waals surface area contributed by atoms with E-state index in [-0.39, 0.29) is 5.91 Å². The van der Waals surface area contributed by atoms with Gasteiger partial charge in [-0.3, -0.25) is 9.69 Å². The molecule has 146 valence electrons. The second-order valence-corrected chi connectivity index (χ2v) is 8.65. The van der Waals surface area contributed by atoms with Gasteiger partial charge in [0.25, 0.3) is 0 Å². The zero-order valence-electron chi connectivity index (χ0n) is 16.5. The molecule has 2 bridgehead atoms. The average Bonchev–Trinajstić information content (AvgIpc) is 3.58. The Morgan fingerprint density at radius 1 is 1.18 bits per heavy atom. The number of aromatic nitrogens is 2. The second-order valence-electron chi connectivity index (χ2n) is 8.65. The molecule has 0 spiro atoms. The van der Waals surface area contributed by atoms with Crippen LogP contribution in [0.25, 0.3) is 11.3 Å². The van der Waals surface area contributed by atoms with Gasteiger partial charge in [-0.1, -0.05) is 30.3 Å². The SMILES string of the molecule is Cc1nc(-c2ccccc2)cc([C@H]2CN3CC[C@H]2C[C@@H]3CNC(=O)C2CC2)n1. The van der Waals surface area contributed by atoms with Crippen LogP contribution in [0.15, 0.2) is 36.4 Å². The summed E-state index contributed by atoms with van der Waals surface area (Å²) >= 11 is 0. The number of carbonyl (C=O) groups excluding carboxylic acids is 1. The highest BCUT2D eigenvalue weighted by Gasteiger charge is 2.42. The predicted octanol–water partition coefficient (Wildman–Crippen LogP) is 3.16. The highest BCUT2D eigenvalue weighted by molar-refractivity contribution is 5.80. The van der Waals surface area contributed by atoms with Crippen LogP contribution < -0.4 is 5.32 Å². The highest BCUT2D eigenvalue weighted by atomic mass is 16.2. The predicted molar refractivity (Wildman–Crippen MR) is 109 cm³/mol. The fourth-order valence-corrected chi connectivity index (χ4v) is 4.93. The maximum Gasteiger partial charge on any atom is 0.223 e. The van der Waals surface area contributed by atoms with Crippen LogP contribution in [0.1, 0.15) is 43.1 Å². The molecular formula is C23H28N4O. The Morgan fingerprint density at radius 3 is 2.71 bits per heavy atom. The molecule has 4 aliphatic rings. The van der Waals surface area contributed by atoms with Gasteiger partial charge in [0.1, 0.15) is 5.82 Å². The van der Waals surface area contributed by atoms with Crippen LogP contribution in [0.2, 0.25) is 0 Å². The topological polar surface area (TPSA) is 58.1 Å². The summed E-state index contributed by atoms with van der Waals surface area (Å²) in [7, 11) is 0. The zero-order chi connectivity index (χ0) is 19.1. The molecule has 1 unspecified atom stereocenters. The van der Waals surface area contributed by atoms with Crippen molar-refractivity contribution in [3.05, 3.63) is 47.9 Å². The van der Waals surface area contributed by atoms with E-state index >= 15 is 0 Å². The van der Waals surface area contributed by atoms with Gasteiger partial charge in [-0.2, -0.15) is 0 Å². The van der Waals surface area contributed by atoms with Gasteiger partial charge in [-0.15, -0.1) is 0 Å². The van der Waals surface area contributed by atoms with Crippen molar-refractivity contribution in [1.82, 2.24) is 20.2 Å². The van der Waals surface area contributed by atoms with E-state index in [0.29, 0.717) is 23.8 Å². The van der Waals surface area contributed by atoms with E-state index in [1.807, 2.05) is 13.0 Å². The van der Waals surface area contributed by atoms with Crippen LogP contribution >= 0.6 is 0 Å². The third kappa shape index (κ3) is 3.55. The van der Waals surface area contributed by atoms with E-state index in [4.69, 9.17) is 4.98 Å². The van der Waals surface area contributed by atoms with Gasteiger partial charge in [-0.05, 0) is 51.1 Å². The Balaban J connectivity index is 1.31. The third-order valence-corrected chi connectivity index (χ3v) is 6.65. The Hall–Kier alpha value is -2.27. The summed E-state index contributed by atoms with van der Waals surface area (Å²) in [6.07, 6.45) is 4.52. The molecule has 1 aliphatic carbocycles. The Kier molecular flexibility index (Phi) is 4.63. The lowest BCUT2D eigenvalue weighted by atomic mass is 9.74. The summed E-state index contributed by atoms with van der Waals surface area (Å²) in [6, 6.07) is 13.0. The fraction of sp³-hybridized carbons (Fsp3) is 0.522. The summed E-state index contributed by atoms with van der Waals surface area (Å²) in [5, 5.41) is 3.19. The monoisotopic (exact) mass is 376 g/mol. The minimum absolute atomic E-state index is 0.262. The summed E-state index contributed by atoms with van der Waals surface area (Å²) in [4.78, 5) is 24.1. The molecule has 1 aromatic carbocycles. The van der Waals surface area contributed by atoms with Gasteiger partial charge in [0, 0.05) is 42.2 Å². The number of amides is 1. The van der Waals surface area contributed by atoms with Crippen molar-refractivity contribution in [3.63, 3.8) is 0 Å². The molecular weight excluding hydrogens is 348 g/mol. The van der Waals surface area contributed by atoms with Gasteiger partial charge < -0.3 is 5.32 Å². The molecule has 4 fully saturated rings. The summed E-state index contributed by atoms with van der Waals surface area (Å²) in [5.41, 5.74) is 3.35. The number of carbonyl (C=O) groups is 1. The Bertz CT molecular complexity index is 864. The number of rotatable bonds is 5. The van der Waals surface area contributed by atoms with E-state index < -0.39 is 0 Å². The molecule has 28 heavy (non-hydrogen) atoms. The first-order valence-corrected chi connectivity index (χ1v) is 10.6. The van der Waals surface area contributed by atoms with Crippen LogP contribution in [-0.2, 0) is 4.79 Å². The molecule has 5 nitrogen and oxygen atoms in total. The third-order valence-electron chi connectivity index (χ3n) is 6.65. The van der Waals surface area contributed by atoms with Crippen molar-refractivity contribution >= 4 is 5.91 Å². The van der Waals surface area contributed by atoms with Crippen LogP contribution in [0.5, 0.6) is 0 Å². The number of hydrogen-bond acceptors (Lipinski definition) is 4. The molecule has 1 aromatic heterocycles. The Morgan fingerprint density at radius 2 is 2.00 bits per heavy atom. The maximum absolute atomic E-state index is 12.0. The molecule has 1 amide bonds. The van der Waals surface area contributed by atoms with Crippen LogP contribution in [0.3, 0.4) is 0 Å². The summed E-state index contributed by atoms with van der Waals surface area (Å²) < 4.78 is 0. The minimum atomic E-state index is 0.262. The van der Waals surface area contributed by atoms with Gasteiger partial charge in [0.05, 0.1) is 5.69 Å². The zero-order valence-corrected chi connectivity index (χ0v) is 16.5. The molecule has 2 aromatic rings. The van der Waals surface area contributed by atoms with Crippen molar-refractivity contribution in [1.29, 1.82) is 0 Å². The molecule has 4 atom stereocenters. The van der Waals surface area contributed by atoms with E-state index in [9.17, 15) is 4.79 Å². The number of aryl methyl sites for hydroxylation is 1. The van der Waals surface area contributed by atoms with Crippen LogP contribution in [0, 0.1) is 18.8 Å². The minimum Gasteiger partial charge on any atom is -0.354 e. The standard InChI is InChI=1S/C23H28N4O/c1-15-25-21(16-5-3-2-4-6-16)12-22(26-15)20-14-27-10-9-18(20)11-19(27)13-24-23(28)17-7-8-17/h2-6,12,17-20H,7-11,13-14H2,1H3,(H,24,28)/t18-,19+,20-/m0/s1. The molecule has 0 radical (unpaired) electrons. The number of benzene rings is 1. The first-order chi connectivity index (χ1) is 13.7. The Labute approximate surface area is 166 Å². The van der Waals surface area contributed by atoms with Gasteiger partial charge >= 0.3 is 0 Å². The number of hydrogen-bond donors (Lipinski definition) is 1. The molecule has 6 rings (SSSR count). The van der Waals surface area contributed by atoms with Crippen molar-refractivity contribution in [2.24, 2.45) is 11.8 Å². The maximum atomic E-state index is 12.0. The fourth-order valence-electron chi connectivity index (χ4n) is 4.93. The summed E-state index contributed by atoms with van der Waals surface area (Å²) in [6.45, 7) is 4.98. The van der Waals surface area contributed by atoms with E-state index in [0.717, 1.165) is 56.0 Å². The van der Waals surface area contributed by atoms with Crippen LogP contribution in [-0.4, -0.2) is 46.5 Å². The molecule has 5 heteroatoms. The first-order valence-electron chi connectivity index (χ1n) is 10.6. The van der Waals surface area contributed by atoms with Gasteiger partial charge in [0.2, 0.25) is 5.91 Å². The van der Waals surface area contributed by atoms with E-state index in [1.165, 1.54) is 12.1 Å². The van der Waals surface area contributed by atoms with Crippen molar-refractivity contribution in [3.8, 4) is 11.3 Å². The normalized spacial score (nSPS) is 28.9. The number of nitrogens with one attached hydrogen (secondary N) is 1. The second kappa shape index (κ2) is 7.28. The molecule has 3 aliphatic heterocycles. The lowest BCUT2D eigenvalue weighted by Gasteiger charge is -2.49. The van der Waals surface area contributed by atoms with Crippen LogP contribution in [0.4, 0.5) is 0 Å².